The molecule has 0 aromatic heterocycles. The third kappa shape index (κ3) is 5.28. The maximum absolute atomic E-state index is 12.0. The van der Waals surface area contributed by atoms with Gasteiger partial charge in [-0.05, 0) is 19.4 Å². The van der Waals surface area contributed by atoms with Gasteiger partial charge in [0.25, 0.3) is 0 Å². The van der Waals surface area contributed by atoms with Crippen molar-refractivity contribution in [1.29, 1.82) is 0 Å². The van der Waals surface area contributed by atoms with Gasteiger partial charge >= 0.3 is 0 Å². The van der Waals surface area contributed by atoms with Gasteiger partial charge in [-0.1, -0.05) is 25.5 Å². The van der Waals surface area contributed by atoms with Gasteiger partial charge in [0, 0.05) is 0 Å². The molecule has 0 aromatic carbocycles. The smallest absolute Gasteiger partial charge is 0.115 e. The second-order valence-corrected chi connectivity index (χ2v) is 2.19. The molecule has 0 heterocycles. The predicted octanol–water partition coefficient (Wildman–Crippen LogP) is 3.22. The molecule has 0 bridgehead atoms. The molecule has 0 aliphatic carbocycles. The Labute approximate surface area is 56.1 Å². The first kappa shape index (κ1) is 8.41. The maximum Gasteiger partial charge on any atom is 0.115 e. The lowest BCUT2D eigenvalue weighted by molar-refractivity contribution is 0.667. The molecule has 0 nitrogen and oxygen atoms in total. The molecule has 9 heavy (non-hydrogen) atoms. The van der Waals surface area contributed by atoms with E-state index in [-0.39, 0.29) is 5.83 Å². The van der Waals surface area contributed by atoms with Gasteiger partial charge in [0.2, 0.25) is 0 Å². The van der Waals surface area contributed by atoms with Gasteiger partial charge in [-0.25, -0.2) is 4.39 Å². The highest BCUT2D eigenvalue weighted by atomic mass is 19.1. The van der Waals surface area contributed by atoms with E-state index in [1.54, 1.807) is 0 Å². The summed E-state index contributed by atoms with van der Waals surface area (Å²) in [5.41, 5.74) is 1.06. The van der Waals surface area contributed by atoms with Gasteiger partial charge in [0.1, 0.15) is 5.83 Å². The van der Waals surface area contributed by atoms with Crippen LogP contribution in [-0.2, 0) is 0 Å². The third-order valence-corrected chi connectivity index (χ3v) is 1.05. The number of hydrogen-bond acceptors (Lipinski definition) is 0. The van der Waals surface area contributed by atoms with E-state index in [0.29, 0.717) is 0 Å². The quantitative estimate of drug-likeness (QED) is 0.512. The summed E-state index contributed by atoms with van der Waals surface area (Å²) in [4.78, 5) is 0. The van der Waals surface area contributed by atoms with Crippen molar-refractivity contribution < 1.29 is 4.39 Å². The highest BCUT2D eigenvalue weighted by Crippen LogP contribution is 2.06. The molecular formula is C8H13F. The molecule has 0 N–H and O–H groups in total. The first-order valence-corrected chi connectivity index (χ1v) is 3.18. The average Bonchev–Trinajstić information content (AvgIpc) is 1.63. The van der Waals surface area contributed by atoms with Crippen LogP contribution in [0.3, 0.4) is 0 Å². The Bertz CT molecular complexity index is 123. The van der Waals surface area contributed by atoms with Crippen molar-refractivity contribution in [2.45, 2.75) is 26.7 Å². The lowest BCUT2D eigenvalue weighted by Crippen LogP contribution is -1.74. The summed E-state index contributed by atoms with van der Waals surface area (Å²) in [6, 6.07) is 0. The van der Waals surface area contributed by atoms with Crippen LogP contribution in [0.2, 0.25) is 0 Å². The van der Waals surface area contributed by atoms with E-state index in [1.807, 2.05) is 6.92 Å². The van der Waals surface area contributed by atoms with Gasteiger partial charge in [-0.2, -0.15) is 0 Å². The minimum absolute atomic E-state index is 0.346. The van der Waals surface area contributed by atoms with E-state index >= 15 is 0 Å². The molecule has 0 saturated heterocycles. The standard InChI is InChI=1S/C8H13F/c1-4-5-7(2)6-8(3)9/h6H,3-5H2,1-2H3. The fraction of sp³-hybridized carbons (Fsp3) is 0.500. The van der Waals surface area contributed by atoms with Crippen molar-refractivity contribution in [2.24, 2.45) is 0 Å². The second-order valence-electron chi connectivity index (χ2n) is 2.19. The van der Waals surface area contributed by atoms with Crippen LogP contribution < -0.4 is 0 Å². The minimum atomic E-state index is -0.346. The van der Waals surface area contributed by atoms with E-state index in [1.165, 1.54) is 6.08 Å². The first-order valence-electron chi connectivity index (χ1n) is 3.18. The summed E-state index contributed by atoms with van der Waals surface area (Å²) in [6.07, 6.45) is 3.50. The highest BCUT2D eigenvalue weighted by Gasteiger charge is 1.87. The number of allylic oxidation sites excluding steroid dienone is 3. The Hall–Kier alpha value is -0.590. The summed E-state index contributed by atoms with van der Waals surface area (Å²) in [5.74, 6) is -0.346. The Balaban J connectivity index is 3.69. The van der Waals surface area contributed by atoms with E-state index in [0.717, 1.165) is 18.4 Å². The zero-order valence-electron chi connectivity index (χ0n) is 6.08. The van der Waals surface area contributed by atoms with Crippen molar-refractivity contribution in [1.82, 2.24) is 0 Å². The highest BCUT2D eigenvalue weighted by molar-refractivity contribution is 5.12. The van der Waals surface area contributed by atoms with Crippen molar-refractivity contribution in [3.63, 3.8) is 0 Å². The Morgan fingerprint density at radius 2 is 2.22 bits per heavy atom. The van der Waals surface area contributed by atoms with Crippen LogP contribution in [0, 0.1) is 0 Å². The summed E-state index contributed by atoms with van der Waals surface area (Å²) in [5, 5.41) is 0. The molecule has 0 rings (SSSR count). The van der Waals surface area contributed by atoms with E-state index in [4.69, 9.17) is 0 Å². The molecule has 0 aromatic rings. The zero-order valence-corrected chi connectivity index (χ0v) is 6.08. The molecule has 0 radical (unpaired) electrons. The van der Waals surface area contributed by atoms with Gasteiger partial charge in [0.05, 0.1) is 0 Å². The van der Waals surface area contributed by atoms with Gasteiger partial charge in [-0.15, -0.1) is 0 Å². The number of halogens is 1. The second kappa shape index (κ2) is 4.30. The van der Waals surface area contributed by atoms with E-state index in [2.05, 4.69) is 13.5 Å². The maximum atomic E-state index is 12.0. The Morgan fingerprint density at radius 3 is 2.56 bits per heavy atom. The van der Waals surface area contributed by atoms with Crippen LogP contribution in [0.15, 0.2) is 24.1 Å². The summed E-state index contributed by atoms with van der Waals surface area (Å²) in [6.45, 7) is 7.11. The molecule has 0 fully saturated rings. The molecule has 0 amide bonds. The van der Waals surface area contributed by atoms with E-state index in [9.17, 15) is 4.39 Å². The molecule has 0 saturated carbocycles. The molecule has 1 heteroatoms. The third-order valence-electron chi connectivity index (χ3n) is 1.05. The fourth-order valence-corrected chi connectivity index (χ4v) is 0.734. The number of rotatable bonds is 3. The predicted molar refractivity (Wildman–Crippen MR) is 38.9 cm³/mol. The zero-order chi connectivity index (χ0) is 7.28. The van der Waals surface area contributed by atoms with Crippen LogP contribution in [0.5, 0.6) is 0 Å². The van der Waals surface area contributed by atoms with Crippen LogP contribution in [0.1, 0.15) is 26.7 Å². The SMILES string of the molecule is C=C(F)C=C(C)CCC. The first-order chi connectivity index (χ1) is 4.16. The molecule has 0 aliphatic heterocycles. The van der Waals surface area contributed by atoms with Crippen molar-refractivity contribution in [3.8, 4) is 0 Å². The largest absolute Gasteiger partial charge is 0.208 e. The van der Waals surface area contributed by atoms with Crippen molar-refractivity contribution in [3.05, 3.63) is 24.1 Å². The minimum Gasteiger partial charge on any atom is -0.208 e. The lowest BCUT2D eigenvalue weighted by atomic mass is 10.2. The normalized spacial score (nSPS) is 11.7. The van der Waals surface area contributed by atoms with Gasteiger partial charge in [-0.3, -0.25) is 0 Å². The van der Waals surface area contributed by atoms with Crippen LogP contribution in [-0.4, -0.2) is 0 Å². The van der Waals surface area contributed by atoms with Gasteiger partial charge in [0.15, 0.2) is 0 Å². The lowest BCUT2D eigenvalue weighted by Gasteiger charge is -1.93. The summed E-state index contributed by atoms with van der Waals surface area (Å²) in [7, 11) is 0. The molecular weight excluding hydrogens is 115 g/mol. The van der Waals surface area contributed by atoms with Crippen LogP contribution >= 0.6 is 0 Å². The van der Waals surface area contributed by atoms with Crippen molar-refractivity contribution in [2.75, 3.05) is 0 Å². The molecule has 0 spiro atoms. The molecule has 52 valence electrons. The summed E-state index contributed by atoms with van der Waals surface area (Å²) >= 11 is 0. The summed E-state index contributed by atoms with van der Waals surface area (Å²) < 4.78 is 12.0. The number of hydrogen-bond donors (Lipinski definition) is 0. The van der Waals surface area contributed by atoms with Crippen molar-refractivity contribution >= 4 is 0 Å². The monoisotopic (exact) mass is 128 g/mol. The molecule has 0 atom stereocenters. The van der Waals surface area contributed by atoms with E-state index < -0.39 is 0 Å². The topological polar surface area (TPSA) is 0 Å². The van der Waals surface area contributed by atoms with Crippen LogP contribution in [0.4, 0.5) is 4.39 Å². The Kier molecular flexibility index (Phi) is 4.02. The molecule has 0 aliphatic rings. The van der Waals surface area contributed by atoms with Crippen LogP contribution in [0.25, 0.3) is 0 Å². The fourth-order valence-electron chi connectivity index (χ4n) is 0.734. The average molecular weight is 128 g/mol. The van der Waals surface area contributed by atoms with Gasteiger partial charge < -0.3 is 0 Å². The molecule has 0 unspecified atom stereocenters. The Morgan fingerprint density at radius 1 is 1.67 bits per heavy atom.